The molecule has 0 amide bonds. The Morgan fingerprint density at radius 1 is 1.44 bits per heavy atom. The molecule has 0 saturated heterocycles. The zero-order valence-corrected chi connectivity index (χ0v) is 11.2. The Morgan fingerprint density at radius 3 is 2.83 bits per heavy atom. The Hall–Kier alpha value is -1.50. The van der Waals surface area contributed by atoms with Gasteiger partial charge in [-0.3, -0.25) is 0 Å². The lowest BCUT2D eigenvalue weighted by molar-refractivity contribution is 0.105. The number of nitrogens with one attached hydrogen (secondary N) is 1. The van der Waals surface area contributed by atoms with Gasteiger partial charge in [0.1, 0.15) is 18.5 Å². The first-order chi connectivity index (χ1) is 8.52. The minimum absolute atomic E-state index is 0.0413. The summed E-state index contributed by atoms with van der Waals surface area (Å²) in [6.45, 7) is 6.56. The highest BCUT2D eigenvalue weighted by atomic mass is 16.5. The van der Waals surface area contributed by atoms with Crippen LogP contribution in [0.2, 0.25) is 0 Å². The van der Waals surface area contributed by atoms with E-state index in [4.69, 9.17) is 11.2 Å². The smallest absolute Gasteiger partial charge is 0.122 e. The van der Waals surface area contributed by atoms with Gasteiger partial charge in [-0.25, -0.2) is 0 Å². The van der Waals surface area contributed by atoms with Gasteiger partial charge >= 0.3 is 0 Å². The van der Waals surface area contributed by atoms with Gasteiger partial charge in [-0.2, -0.15) is 0 Å². The van der Waals surface area contributed by atoms with Crippen LogP contribution in [0.1, 0.15) is 18.1 Å². The van der Waals surface area contributed by atoms with Crippen LogP contribution in [-0.4, -0.2) is 30.4 Å². The zero-order chi connectivity index (χ0) is 13.5. The monoisotopic (exact) mass is 247 g/mol. The van der Waals surface area contributed by atoms with Gasteiger partial charge in [0.2, 0.25) is 0 Å². The number of aliphatic hydroxyl groups excluding tert-OH is 1. The Morgan fingerprint density at radius 2 is 2.17 bits per heavy atom. The third kappa shape index (κ3) is 4.79. The summed E-state index contributed by atoms with van der Waals surface area (Å²) in [7, 11) is 0. The van der Waals surface area contributed by atoms with Crippen molar-refractivity contribution in [2.45, 2.75) is 32.9 Å². The van der Waals surface area contributed by atoms with Crippen molar-refractivity contribution in [3.8, 4) is 18.1 Å². The van der Waals surface area contributed by atoms with Crippen molar-refractivity contribution < 1.29 is 9.84 Å². The van der Waals surface area contributed by atoms with Gasteiger partial charge in [-0.05, 0) is 38.0 Å². The third-order valence-corrected chi connectivity index (χ3v) is 2.68. The van der Waals surface area contributed by atoms with Gasteiger partial charge in [0.25, 0.3) is 0 Å². The van der Waals surface area contributed by atoms with E-state index in [1.165, 1.54) is 0 Å². The van der Waals surface area contributed by atoms with Crippen molar-refractivity contribution in [2.75, 3.05) is 13.2 Å². The molecule has 0 saturated carbocycles. The van der Waals surface area contributed by atoms with Crippen molar-refractivity contribution in [1.82, 2.24) is 5.32 Å². The number of rotatable bonds is 6. The van der Waals surface area contributed by atoms with Crippen LogP contribution < -0.4 is 10.1 Å². The van der Waals surface area contributed by atoms with Gasteiger partial charge in [0.05, 0.1) is 6.04 Å². The maximum atomic E-state index is 9.76. The number of aliphatic hydroxyl groups is 1. The first kappa shape index (κ1) is 14.6. The standard InChI is InChI=1S/C15H21NO2/c1-5-13(4)16-9-14(17)10-18-15-8-11(2)6-7-12(15)3/h1,6-8,13-14,16-17H,9-10H2,2-4H3. The van der Waals surface area contributed by atoms with Crippen molar-refractivity contribution in [2.24, 2.45) is 0 Å². The number of benzene rings is 1. The predicted octanol–water partition coefficient (Wildman–Crippen LogP) is 1.65. The summed E-state index contributed by atoms with van der Waals surface area (Å²) in [5.41, 5.74) is 2.21. The molecule has 0 aliphatic heterocycles. The highest BCUT2D eigenvalue weighted by Gasteiger charge is 2.07. The van der Waals surface area contributed by atoms with E-state index in [2.05, 4.69) is 11.2 Å². The molecule has 0 spiro atoms. The molecule has 3 nitrogen and oxygen atoms in total. The average molecular weight is 247 g/mol. The molecule has 1 aromatic rings. The zero-order valence-electron chi connectivity index (χ0n) is 11.2. The average Bonchev–Trinajstić information content (AvgIpc) is 2.36. The third-order valence-electron chi connectivity index (χ3n) is 2.68. The summed E-state index contributed by atoms with van der Waals surface area (Å²) < 4.78 is 5.60. The summed E-state index contributed by atoms with van der Waals surface area (Å²) >= 11 is 0. The molecule has 1 rings (SSSR count). The second-order valence-corrected chi connectivity index (χ2v) is 4.53. The van der Waals surface area contributed by atoms with Crippen LogP contribution in [0.3, 0.4) is 0 Å². The van der Waals surface area contributed by atoms with Crippen LogP contribution in [0, 0.1) is 26.2 Å². The molecule has 1 aromatic carbocycles. The van der Waals surface area contributed by atoms with E-state index < -0.39 is 6.10 Å². The van der Waals surface area contributed by atoms with Crippen LogP contribution in [0.25, 0.3) is 0 Å². The second-order valence-electron chi connectivity index (χ2n) is 4.53. The number of terminal acetylenes is 1. The van der Waals surface area contributed by atoms with Crippen molar-refractivity contribution >= 4 is 0 Å². The minimum atomic E-state index is -0.569. The largest absolute Gasteiger partial charge is 0.491 e. The quantitative estimate of drug-likeness (QED) is 0.751. The van der Waals surface area contributed by atoms with Crippen molar-refractivity contribution in [3.05, 3.63) is 29.3 Å². The molecular formula is C15H21NO2. The van der Waals surface area contributed by atoms with Crippen molar-refractivity contribution in [3.63, 3.8) is 0 Å². The van der Waals surface area contributed by atoms with E-state index in [9.17, 15) is 5.11 Å². The molecule has 0 radical (unpaired) electrons. The Balaban J connectivity index is 2.40. The molecule has 98 valence electrons. The van der Waals surface area contributed by atoms with E-state index in [1.807, 2.05) is 39.0 Å². The first-order valence-electron chi connectivity index (χ1n) is 6.10. The summed E-state index contributed by atoms with van der Waals surface area (Å²) in [6, 6.07) is 5.98. The minimum Gasteiger partial charge on any atom is -0.491 e. The van der Waals surface area contributed by atoms with Crippen LogP contribution in [-0.2, 0) is 0 Å². The van der Waals surface area contributed by atoms with Crippen LogP contribution in [0.5, 0.6) is 5.75 Å². The summed E-state index contributed by atoms with van der Waals surface area (Å²) in [6.07, 6.45) is 4.67. The van der Waals surface area contributed by atoms with E-state index in [-0.39, 0.29) is 12.6 Å². The molecule has 2 N–H and O–H groups in total. The number of aryl methyl sites for hydroxylation is 2. The van der Waals surface area contributed by atoms with Crippen LogP contribution >= 0.6 is 0 Å². The maximum Gasteiger partial charge on any atom is 0.122 e. The molecular weight excluding hydrogens is 226 g/mol. The summed E-state index contributed by atoms with van der Waals surface area (Å²) in [5.74, 6) is 3.37. The fraction of sp³-hybridized carbons (Fsp3) is 0.467. The van der Waals surface area contributed by atoms with Gasteiger partial charge in [0, 0.05) is 6.54 Å². The molecule has 2 atom stereocenters. The van der Waals surface area contributed by atoms with E-state index in [1.54, 1.807) is 0 Å². The Bertz CT molecular complexity index is 423. The van der Waals surface area contributed by atoms with Gasteiger partial charge in [-0.1, -0.05) is 18.1 Å². The number of hydrogen-bond donors (Lipinski definition) is 2. The van der Waals surface area contributed by atoms with Crippen LogP contribution in [0.4, 0.5) is 0 Å². The first-order valence-corrected chi connectivity index (χ1v) is 6.10. The highest BCUT2D eigenvalue weighted by molar-refractivity contribution is 5.35. The van der Waals surface area contributed by atoms with E-state index >= 15 is 0 Å². The molecule has 0 fully saturated rings. The van der Waals surface area contributed by atoms with E-state index in [0.29, 0.717) is 6.54 Å². The highest BCUT2D eigenvalue weighted by Crippen LogP contribution is 2.19. The molecule has 18 heavy (non-hydrogen) atoms. The second kappa shape index (κ2) is 7.05. The molecule has 0 aromatic heterocycles. The molecule has 0 aliphatic carbocycles. The van der Waals surface area contributed by atoms with Crippen LogP contribution in [0.15, 0.2) is 18.2 Å². The van der Waals surface area contributed by atoms with Gasteiger partial charge in [0.15, 0.2) is 0 Å². The lowest BCUT2D eigenvalue weighted by atomic mass is 10.1. The molecule has 3 heteroatoms. The number of hydrogen-bond acceptors (Lipinski definition) is 3. The number of ether oxygens (including phenoxy) is 1. The van der Waals surface area contributed by atoms with E-state index in [0.717, 1.165) is 16.9 Å². The predicted molar refractivity (Wildman–Crippen MR) is 73.7 cm³/mol. The Labute approximate surface area is 109 Å². The molecule has 0 aliphatic rings. The summed E-state index contributed by atoms with van der Waals surface area (Å²) in [5, 5.41) is 12.8. The molecule has 0 heterocycles. The fourth-order valence-electron chi connectivity index (χ4n) is 1.48. The maximum absolute atomic E-state index is 9.76. The Kier molecular flexibility index (Phi) is 5.70. The lowest BCUT2D eigenvalue weighted by Gasteiger charge is -2.16. The lowest BCUT2D eigenvalue weighted by Crippen LogP contribution is -2.35. The van der Waals surface area contributed by atoms with Gasteiger partial charge in [-0.15, -0.1) is 6.42 Å². The summed E-state index contributed by atoms with van der Waals surface area (Å²) in [4.78, 5) is 0. The normalized spacial score (nSPS) is 13.7. The van der Waals surface area contributed by atoms with Crippen molar-refractivity contribution in [1.29, 1.82) is 0 Å². The molecule has 0 bridgehead atoms. The SMILES string of the molecule is C#CC(C)NCC(O)COc1cc(C)ccc1C. The topological polar surface area (TPSA) is 41.5 Å². The fourth-order valence-corrected chi connectivity index (χ4v) is 1.48. The van der Waals surface area contributed by atoms with Gasteiger partial charge < -0.3 is 15.2 Å². The molecule has 2 unspecified atom stereocenters.